The van der Waals surface area contributed by atoms with Gasteiger partial charge in [0.05, 0.1) is 16.0 Å². The summed E-state index contributed by atoms with van der Waals surface area (Å²) in [5, 5.41) is 15.2. The van der Waals surface area contributed by atoms with E-state index in [1.807, 2.05) is 0 Å². The normalized spacial score (nSPS) is 10.3. The van der Waals surface area contributed by atoms with E-state index in [0.29, 0.717) is 25.8 Å². The molecule has 0 atom stereocenters. The van der Waals surface area contributed by atoms with Crippen LogP contribution in [0.15, 0.2) is 40.3 Å². The van der Waals surface area contributed by atoms with E-state index in [2.05, 4.69) is 10.3 Å². The van der Waals surface area contributed by atoms with Crippen molar-refractivity contribution in [1.82, 2.24) is 4.98 Å². The Hall–Kier alpha value is -1.50. The van der Waals surface area contributed by atoms with Crippen LogP contribution < -0.4 is 5.32 Å². The minimum absolute atomic E-state index is 0.0370. The SMILES string of the molecule is CNc1cc([N+](=O)[O-])cc(Sc2cc(Cl)ccc2Cl)n1. The molecule has 0 saturated heterocycles. The zero-order valence-electron chi connectivity index (χ0n) is 10.3. The Kier molecular flexibility index (Phi) is 4.69. The maximum Gasteiger partial charge on any atom is 0.275 e. The Bertz CT molecular complexity index is 667. The first kappa shape index (κ1) is 14.9. The number of nitro groups is 1. The maximum atomic E-state index is 10.9. The minimum Gasteiger partial charge on any atom is -0.373 e. The first-order chi connectivity index (χ1) is 9.49. The summed E-state index contributed by atoms with van der Waals surface area (Å²) in [6, 6.07) is 7.79. The molecule has 0 aliphatic rings. The van der Waals surface area contributed by atoms with Gasteiger partial charge in [-0.25, -0.2) is 4.98 Å². The molecule has 0 spiro atoms. The van der Waals surface area contributed by atoms with E-state index in [4.69, 9.17) is 23.2 Å². The van der Waals surface area contributed by atoms with Crippen LogP contribution in [0, 0.1) is 10.1 Å². The topological polar surface area (TPSA) is 68.1 Å². The van der Waals surface area contributed by atoms with Crippen LogP contribution in [0.25, 0.3) is 0 Å². The molecule has 2 rings (SSSR count). The summed E-state index contributed by atoms with van der Waals surface area (Å²) in [4.78, 5) is 15.4. The van der Waals surface area contributed by atoms with Gasteiger partial charge in [-0.05, 0) is 18.2 Å². The number of halogens is 2. The van der Waals surface area contributed by atoms with Gasteiger partial charge in [-0.2, -0.15) is 0 Å². The van der Waals surface area contributed by atoms with Crippen molar-refractivity contribution in [2.24, 2.45) is 0 Å². The molecule has 0 unspecified atom stereocenters. The summed E-state index contributed by atoms with van der Waals surface area (Å²) >= 11 is 13.2. The van der Waals surface area contributed by atoms with Crippen molar-refractivity contribution in [3.05, 3.63) is 50.5 Å². The highest BCUT2D eigenvalue weighted by molar-refractivity contribution is 7.99. The lowest BCUT2D eigenvalue weighted by molar-refractivity contribution is -0.385. The molecule has 2 aromatic rings. The molecular formula is C12H9Cl2N3O2S. The highest BCUT2D eigenvalue weighted by Gasteiger charge is 2.13. The molecule has 0 bridgehead atoms. The molecule has 0 saturated carbocycles. The molecule has 20 heavy (non-hydrogen) atoms. The predicted octanol–water partition coefficient (Wildman–Crippen LogP) is 4.49. The Morgan fingerprint density at radius 2 is 2.05 bits per heavy atom. The van der Waals surface area contributed by atoms with Gasteiger partial charge in [-0.15, -0.1) is 0 Å². The zero-order valence-corrected chi connectivity index (χ0v) is 12.6. The monoisotopic (exact) mass is 329 g/mol. The van der Waals surface area contributed by atoms with Gasteiger partial charge < -0.3 is 5.32 Å². The summed E-state index contributed by atoms with van der Waals surface area (Å²) in [5.74, 6) is 0.417. The molecule has 0 aliphatic carbocycles. The summed E-state index contributed by atoms with van der Waals surface area (Å²) in [7, 11) is 1.65. The van der Waals surface area contributed by atoms with Crippen LogP contribution in [0.5, 0.6) is 0 Å². The van der Waals surface area contributed by atoms with Crippen molar-refractivity contribution in [2.75, 3.05) is 12.4 Å². The van der Waals surface area contributed by atoms with E-state index in [0.717, 1.165) is 0 Å². The minimum atomic E-state index is -0.466. The fraction of sp³-hybridized carbons (Fsp3) is 0.0833. The van der Waals surface area contributed by atoms with E-state index in [9.17, 15) is 10.1 Å². The molecule has 1 N–H and O–H groups in total. The number of benzene rings is 1. The van der Waals surface area contributed by atoms with Gasteiger partial charge in [-0.1, -0.05) is 35.0 Å². The van der Waals surface area contributed by atoms with Crippen molar-refractivity contribution in [1.29, 1.82) is 0 Å². The first-order valence-electron chi connectivity index (χ1n) is 5.46. The van der Waals surface area contributed by atoms with Crippen LogP contribution in [-0.2, 0) is 0 Å². The third-order valence-corrected chi connectivity index (χ3v) is 4.01. The zero-order chi connectivity index (χ0) is 14.7. The van der Waals surface area contributed by atoms with Gasteiger partial charge in [0, 0.05) is 23.0 Å². The Balaban J connectivity index is 2.39. The summed E-state index contributed by atoms with van der Waals surface area (Å²) < 4.78 is 0. The van der Waals surface area contributed by atoms with Gasteiger partial charge in [-0.3, -0.25) is 10.1 Å². The molecule has 8 heteroatoms. The van der Waals surface area contributed by atoms with Crippen molar-refractivity contribution in [2.45, 2.75) is 9.92 Å². The van der Waals surface area contributed by atoms with Crippen molar-refractivity contribution in [3.63, 3.8) is 0 Å². The number of rotatable bonds is 4. The number of aromatic nitrogens is 1. The Morgan fingerprint density at radius 1 is 1.30 bits per heavy atom. The molecule has 1 aromatic heterocycles. The van der Waals surface area contributed by atoms with Crippen LogP contribution >= 0.6 is 35.0 Å². The van der Waals surface area contributed by atoms with E-state index < -0.39 is 4.92 Å². The highest BCUT2D eigenvalue weighted by Crippen LogP contribution is 2.36. The van der Waals surface area contributed by atoms with Crippen molar-refractivity contribution in [3.8, 4) is 0 Å². The lowest BCUT2D eigenvalue weighted by Gasteiger charge is -2.06. The van der Waals surface area contributed by atoms with Crippen molar-refractivity contribution < 1.29 is 4.92 Å². The van der Waals surface area contributed by atoms with Gasteiger partial charge >= 0.3 is 0 Å². The second-order valence-electron chi connectivity index (χ2n) is 3.73. The van der Waals surface area contributed by atoms with Crippen LogP contribution in [0.2, 0.25) is 10.0 Å². The second-order valence-corrected chi connectivity index (χ2v) is 5.64. The average molecular weight is 330 g/mol. The number of pyridine rings is 1. The third kappa shape index (κ3) is 3.53. The maximum absolute atomic E-state index is 10.9. The van der Waals surface area contributed by atoms with Gasteiger partial charge in [0.25, 0.3) is 5.69 Å². The first-order valence-corrected chi connectivity index (χ1v) is 7.04. The number of hydrogen-bond donors (Lipinski definition) is 1. The number of hydrogen-bond acceptors (Lipinski definition) is 5. The molecule has 1 aromatic carbocycles. The summed E-state index contributed by atoms with van der Waals surface area (Å²) in [6.45, 7) is 0. The quantitative estimate of drug-likeness (QED) is 0.661. The Morgan fingerprint density at radius 3 is 2.70 bits per heavy atom. The second kappa shape index (κ2) is 6.30. The van der Waals surface area contributed by atoms with E-state index in [1.165, 1.54) is 23.9 Å². The smallest absolute Gasteiger partial charge is 0.275 e. The predicted molar refractivity (Wildman–Crippen MR) is 81.0 cm³/mol. The number of anilines is 1. The van der Waals surface area contributed by atoms with E-state index >= 15 is 0 Å². The molecular weight excluding hydrogens is 321 g/mol. The number of nitrogens with zero attached hydrogens (tertiary/aromatic N) is 2. The van der Waals surface area contributed by atoms with Crippen LogP contribution in [0.1, 0.15) is 0 Å². The summed E-state index contributed by atoms with van der Waals surface area (Å²) in [6.07, 6.45) is 0. The molecule has 104 valence electrons. The third-order valence-electron chi connectivity index (χ3n) is 2.36. The largest absolute Gasteiger partial charge is 0.373 e. The van der Waals surface area contributed by atoms with Crippen LogP contribution in [0.3, 0.4) is 0 Å². The lowest BCUT2D eigenvalue weighted by Crippen LogP contribution is -1.96. The van der Waals surface area contributed by atoms with Crippen LogP contribution in [-0.4, -0.2) is 17.0 Å². The molecule has 1 heterocycles. The highest BCUT2D eigenvalue weighted by atomic mass is 35.5. The lowest BCUT2D eigenvalue weighted by atomic mass is 10.4. The molecule has 0 fully saturated rings. The van der Waals surface area contributed by atoms with Gasteiger partial charge in [0.1, 0.15) is 10.8 Å². The average Bonchev–Trinajstić information content (AvgIpc) is 2.42. The number of nitrogens with one attached hydrogen (secondary N) is 1. The van der Waals surface area contributed by atoms with Crippen molar-refractivity contribution >= 4 is 46.5 Å². The van der Waals surface area contributed by atoms with Gasteiger partial charge in [0.15, 0.2) is 0 Å². The molecule has 0 aliphatic heterocycles. The molecule has 0 radical (unpaired) electrons. The van der Waals surface area contributed by atoms with Crippen LogP contribution in [0.4, 0.5) is 11.5 Å². The molecule has 5 nitrogen and oxygen atoms in total. The summed E-state index contributed by atoms with van der Waals surface area (Å²) in [5.41, 5.74) is -0.0370. The van der Waals surface area contributed by atoms with Gasteiger partial charge in [0.2, 0.25) is 0 Å². The fourth-order valence-corrected chi connectivity index (χ4v) is 2.82. The van der Waals surface area contributed by atoms with E-state index in [-0.39, 0.29) is 5.69 Å². The fourth-order valence-electron chi connectivity index (χ4n) is 1.45. The van der Waals surface area contributed by atoms with E-state index in [1.54, 1.807) is 25.2 Å². The standard InChI is InChI=1S/C12H9Cl2N3O2S/c1-15-11-5-8(17(18)19)6-12(16-11)20-10-4-7(13)2-3-9(10)14/h2-6H,1H3,(H,15,16). The molecule has 0 amide bonds. The Labute approximate surface area is 129 Å².